The summed E-state index contributed by atoms with van der Waals surface area (Å²) in [6.07, 6.45) is 9.68. The van der Waals surface area contributed by atoms with E-state index in [-0.39, 0.29) is 17.9 Å². The van der Waals surface area contributed by atoms with Crippen LogP contribution in [-0.2, 0) is 17.9 Å². The molecule has 1 unspecified atom stereocenters. The summed E-state index contributed by atoms with van der Waals surface area (Å²) in [5, 5.41) is 3.34. The van der Waals surface area contributed by atoms with Crippen LogP contribution in [0.1, 0.15) is 73.5 Å². The Morgan fingerprint density at radius 1 is 1.12 bits per heavy atom. The first-order chi connectivity index (χ1) is 16.0. The lowest BCUT2D eigenvalue weighted by Crippen LogP contribution is -2.64. The topological polar surface area (TPSA) is 67.5 Å². The zero-order chi connectivity index (χ0) is 23.0. The summed E-state index contributed by atoms with van der Waals surface area (Å²) >= 11 is 0. The van der Waals surface area contributed by atoms with Crippen molar-refractivity contribution >= 4 is 22.9 Å². The van der Waals surface area contributed by atoms with Gasteiger partial charge in [0.1, 0.15) is 11.2 Å². The normalized spacial score (nSPS) is 22.1. The number of aryl methyl sites for hydroxylation is 1. The first-order valence-electron chi connectivity index (χ1n) is 12.2. The van der Waals surface area contributed by atoms with Crippen LogP contribution in [0.2, 0.25) is 0 Å². The summed E-state index contributed by atoms with van der Waals surface area (Å²) in [6.45, 7) is 4.76. The lowest BCUT2D eigenvalue weighted by atomic mass is 9.91. The molecule has 3 aromatic rings. The molecule has 0 spiro atoms. The van der Waals surface area contributed by atoms with Crippen molar-refractivity contribution in [3.63, 3.8) is 0 Å². The number of aromatic nitrogens is 1. The predicted octanol–water partition coefficient (Wildman–Crippen LogP) is 5.19. The second kappa shape index (κ2) is 8.73. The molecule has 1 aliphatic heterocycles. The largest absolute Gasteiger partial charge is 0.463 e. The van der Waals surface area contributed by atoms with E-state index in [9.17, 15) is 9.59 Å². The third-order valence-corrected chi connectivity index (χ3v) is 7.57. The van der Waals surface area contributed by atoms with Crippen LogP contribution < -0.4 is 5.32 Å². The van der Waals surface area contributed by atoms with Gasteiger partial charge in [-0.05, 0) is 37.8 Å². The van der Waals surface area contributed by atoms with Gasteiger partial charge in [-0.15, -0.1) is 0 Å². The van der Waals surface area contributed by atoms with Crippen LogP contribution >= 0.6 is 0 Å². The maximum absolute atomic E-state index is 13.9. The van der Waals surface area contributed by atoms with E-state index >= 15 is 0 Å². The standard InChI is InChI=1S/C27H33N3O3/c1-19-10-8-9-11-20(19)17-30-25(31)23-16-24-22(14-15-33-24)29(23)18-27(30,2)26(32)28-21-12-6-4-3-5-7-13-21/h8-11,14-16,21H,3-7,12-13,17-18H2,1-2H3,(H,28,32). The SMILES string of the molecule is Cc1ccccc1CN1C(=O)c2cc3occc3n2CC1(C)C(=O)NC1CCCCCCC1. The average molecular weight is 448 g/mol. The highest BCUT2D eigenvalue weighted by Crippen LogP contribution is 2.34. The third-order valence-electron chi connectivity index (χ3n) is 7.57. The molecule has 174 valence electrons. The molecule has 0 radical (unpaired) electrons. The first kappa shape index (κ1) is 21.8. The third kappa shape index (κ3) is 3.96. The Morgan fingerprint density at radius 3 is 2.61 bits per heavy atom. The number of nitrogens with zero attached hydrogens (tertiary/aromatic N) is 2. The molecule has 0 bridgehead atoms. The Balaban J connectivity index is 1.50. The molecule has 1 saturated carbocycles. The molecule has 2 amide bonds. The van der Waals surface area contributed by atoms with E-state index < -0.39 is 5.54 Å². The van der Waals surface area contributed by atoms with Gasteiger partial charge >= 0.3 is 0 Å². The van der Waals surface area contributed by atoms with Crippen molar-refractivity contribution < 1.29 is 14.0 Å². The van der Waals surface area contributed by atoms with Gasteiger partial charge in [-0.25, -0.2) is 0 Å². The number of benzene rings is 1. The zero-order valence-corrected chi connectivity index (χ0v) is 19.6. The first-order valence-corrected chi connectivity index (χ1v) is 12.2. The van der Waals surface area contributed by atoms with Gasteiger partial charge in [0.15, 0.2) is 5.58 Å². The van der Waals surface area contributed by atoms with Crippen LogP contribution in [0.5, 0.6) is 0 Å². The zero-order valence-electron chi connectivity index (χ0n) is 19.6. The minimum atomic E-state index is -1.00. The maximum Gasteiger partial charge on any atom is 0.271 e. The van der Waals surface area contributed by atoms with Gasteiger partial charge in [-0.3, -0.25) is 9.59 Å². The molecule has 1 fully saturated rings. The highest BCUT2D eigenvalue weighted by Gasteiger charge is 2.48. The van der Waals surface area contributed by atoms with Crippen molar-refractivity contribution in [2.24, 2.45) is 0 Å². The van der Waals surface area contributed by atoms with Crippen molar-refractivity contribution in [2.45, 2.75) is 83.5 Å². The van der Waals surface area contributed by atoms with Crippen LogP contribution in [0.25, 0.3) is 11.1 Å². The molecular weight excluding hydrogens is 414 g/mol. The molecule has 2 aromatic heterocycles. The summed E-state index contributed by atoms with van der Waals surface area (Å²) in [5.41, 5.74) is 3.28. The minimum Gasteiger partial charge on any atom is -0.463 e. The van der Waals surface area contributed by atoms with E-state index in [1.807, 2.05) is 48.7 Å². The van der Waals surface area contributed by atoms with E-state index in [1.165, 1.54) is 19.3 Å². The van der Waals surface area contributed by atoms with E-state index in [2.05, 4.69) is 5.32 Å². The van der Waals surface area contributed by atoms with Crippen LogP contribution in [0.4, 0.5) is 0 Å². The van der Waals surface area contributed by atoms with Crippen LogP contribution in [0, 0.1) is 6.92 Å². The van der Waals surface area contributed by atoms with E-state index in [0.29, 0.717) is 24.4 Å². The number of rotatable bonds is 4. The molecule has 1 atom stereocenters. The van der Waals surface area contributed by atoms with Crippen LogP contribution in [-0.4, -0.2) is 32.9 Å². The smallest absolute Gasteiger partial charge is 0.271 e. The number of nitrogens with one attached hydrogen (secondary N) is 1. The van der Waals surface area contributed by atoms with Gasteiger partial charge in [-0.2, -0.15) is 0 Å². The number of hydrogen-bond acceptors (Lipinski definition) is 3. The molecule has 1 aliphatic carbocycles. The number of fused-ring (bicyclic) bond motifs is 3. The number of hydrogen-bond donors (Lipinski definition) is 1. The Bertz CT molecular complexity index is 1170. The fourth-order valence-corrected chi connectivity index (χ4v) is 5.42. The molecule has 3 heterocycles. The fourth-order valence-electron chi connectivity index (χ4n) is 5.42. The van der Waals surface area contributed by atoms with Gasteiger partial charge in [-0.1, -0.05) is 56.4 Å². The molecule has 1 aromatic carbocycles. The monoisotopic (exact) mass is 447 g/mol. The van der Waals surface area contributed by atoms with Gasteiger partial charge in [0, 0.05) is 24.7 Å². The predicted molar refractivity (Wildman–Crippen MR) is 128 cm³/mol. The second-order valence-corrected chi connectivity index (χ2v) is 9.89. The number of carbonyl (C=O) groups excluding carboxylic acids is 2. The second-order valence-electron chi connectivity index (χ2n) is 9.89. The van der Waals surface area contributed by atoms with Crippen LogP contribution in [0.3, 0.4) is 0 Å². The minimum absolute atomic E-state index is 0.0639. The molecular formula is C27H33N3O3. The number of amides is 2. The Morgan fingerprint density at radius 2 is 1.85 bits per heavy atom. The molecule has 6 heteroatoms. The van der Waals surface area contributed by atoms with E-state index in [1.54, 1.807) is 17.2 Å². The molecule has 33 heavy (non-hydrogen) atoms. The van der Waals surface area contributed by atoms with Crippen LogP contribution in [0.15, 0.2) is 47.1 Å². The van der Waals surface area contributed by atoms with Crippen molar-refractivity contribution in [3.8, 4) is 0 Å². The summed E-state index contributed by atoms with van der Waals surface area (Å²) in [4.78, 5) is 29.4. The Hall–Kier alpha value is -3.02. The molecule has 1 N–H and O–H groups in total. The number of carbonyl (C=O) groups is 2. The summed E-state index contributed by atoms with van der Waals surface area (Å²) in [5.74, 6) is -0.197. The van der Waals surface area contributed by atoms with Crippen molar-refractivity contribution in [1.82, 2.24) is 14.8 Å². The maximum atomic E-state index is 13.9. The van der Waals surface area contributed by atoms with Gasteiger partial charge < -0.3 is 19.2 Å². The summed E-state index contributed by atoms with van der Waals surface area (Å²) in [6, 6.07) is 11.9. The summed E-state index contributed by atoms with van der Waals surface area (Å²) < 4.78 is 7.53. The molecule has 6 nitrogen and oxygen atoms in total. The Labute approximate surface area is 194 Å². The molecule has 2 aliphatic rings. The van der Waals surface area contributed by atoms with Gasteiger partial charge in [0.05, 0.1) is 18.3 Å². The van der Waals surface area contributed by atoms with Gasteiger partial charge in [0.25, 0.3) is 5.91 Å². The van der Waals surface area contributed by atoms with Crippen molar-refractivity contribution in [3.05, 3.63) is 59.5 Å². The lowest BCUT2D eigenvalue weighted by molar-refractivity contribution is -0.134. The average Bonchev–Trinajstić information content (AvgIpc) is 3.36. The highest BCUT2D eigenvalue weighted by atomic mass is 16.3. The lowest BCUT2D eigenvalue weighted by Gasteiger charge is -2.45. The van der Waals surface area contributed by atoms with Crippen molar-refractivity contribution in [2.75, 3.05) is 0 Å². The highest BCUT2D eigenvalue weighted by molar-refractivity contribution is 6.02. The van der Waals surface area contributed by atoms with E-state index in [4.69, 9.17) is 4.42 Å². The quantitative estimate of drug-likeness (QED) is 0.599. The fraction of sp³-hybridized carbons (Fsp3) is 0.481. The molecule has 0 saturated heterocycles. The van der Waals surface area contributed by atoms with Gasteiger partial charge in [0.2, 0.25) is 5.91 Å². The van der Waals surface area contributed by atoms with E-state index in [0.717, 1.165) is 42.3 Å². The molecule has 5 rings (SSSR count). The Kier molecular flexibility index (Phi) is 5.77. The number of furan rings is 1. The van der Waals surface area contributed by atoms with Crippen molar-refractivity contribution in [1.29, 1.82) is 0 Å². The summed E-state index contributed by atoms with van der Waals surface area (Å²) in [7, 11) is 0.